The van der Waals surface area contributed by atoms with Crippen LogP contribution in [0.3, 0.4) is 0 Å². The number of nitrogens with two attached hydrogens (primary N) is 4. The molecule has 1 saturated heterocycles. The van der Waals surface area contributed by atoms with E-state index in [1.54, 1.807) is 24.3 Å². The SMILES string of the molecule is CCC(C)CN.CCC1CCNCC1.CCCCCN.CCCCN.CCCCN(C)C.CCCCNC(=O)C1CCCCC1.CCCCNC(=O)CCc1ccccc1.CCCCNC(=O)Nc1ccccc1.CCCCNC(=O)OC(C)(C)C.CCCCNC(=O)OCc1ccccc1.CCCCNC(=O)c1ccc(Cl)cc1.CCCCNC(=O)c1ccc(F)cc1F.CCCN.[W].[W].[W].[W].[W].[W].[W].[W]. The van der Waals surface area contributed by atoms with Gasteiger partial charge >= 0.3 is 18.2 Å². The van der Waals surface area contributed by atoms with E-state index in [1.807, 2.05) is 107 Å². The summed E-state index contributed by atoms with van der Waals surface area (Å²) in [5.41, 5.74) is 23.9. The van der Waals surface area contributed by atoms with Crippen LogP contribution in [0, 0.1) is 29.4 Å². The Morgan fingerprint density at radius 2 is 0.873 bits per heavy atom. The van der Waals surface area contributed by atoms with E-state index in [-0.39, 0.29) is 204 Å². The van der Waals surface area contributed by atoms with Gasteiger partial charge in [0.15, 0.2) is 0 Å². The number of unbranched alkanes of at least 4 members (excludes halogenated alkanes) is 11. The molecule has 34 heteroatoms. The average Bonchev–Trinajstić information content (AvgIpc) is 0.925. The molecule has 5 aromatic carbocycles. The number of rotatable bonds is 42. The number of hydrogen-bond donors (Lipinski definition) is 13. The number of ether oxygens (including phenoxy) is 2. The van der Waals surface area contributed by atoms with Crippen LogP contribution in [0.15, 0.2) is 133 Å². The third kappa shape index (κ3) is 126. The van der Waals surface area contributed by atoms with E-state index < -0.39 is 23.1 Å². The summed E-state index contributed by atoms with van der Waals surface area (Å²) in [6, 6.07) is 38.8. The second-order valence-corrected chi connectivity index (χ2v) is 34.6. The van der Waals surface area contributed by atoms with E-state index >= 15 is 0 Å². The van der Waals surface area contributed by atoms with Gasteiger partial charge < -0.3 is 85.2 Å². The molecule has 1 saturated carbocycles. The van der Waals surface area contributed by atoms with Crippen LogP contribution in [0.25, 0.3) is 0 Å². The van der Waals surface area contributed by atoms with Crippen LogP contribution in [-0.4, -0.2) is 158 Å². The van der Waals surface area contributed by atoms with Gasteiger partial charge in [-0.3, -0.25) is 19.2 Å². The molecule has 1 aliphatic carbocycles. The van der Waals surface area contributed by atoms with Crippen molar-refractivity contribution in [1.82, 2.24) is 47.4 Å². The summed E-state index contributed by atoms with van der Waals surface area (Å²) < 4.78 is 35.7. The number of nitrogens with one attached hydrogen (secondary N) is 9. The molecule has 0 radical (unpaired) electrons. The molecule has 0 aromatic heterocycles. The average molecular weight is 3380 g/mol. The number of carbonyl (C=O) groups excluding carboxylic acids is 7. The van der Waals surface area contributed by atoms with Crippen molar-refractivity contribution < 1.29 is 220 Å². The molecule has 23 nitrogen and oxygen atoms in total. The first kappa shape index (κ1) is 170. The topological polar surface area (TPSA) is 354 Å². The quantitative estimate of drug-likeness (QED) is 0.0162. The molecule has 142 heavy (non-hydrogen) atoms. The van der Waals surface area contributed by atoms with Crippen molar-refractivity contribution in [3.8, 4) is 0 Å². The zero-order valence-electron chi connectivity index (χ0n) is 90.7. The predicted octanol–water partition coefficient (Wildman–Crippen LogP) is 24.0. The first-order valence-corrected chi connectivity index (χ1v) is 51.3. The molecule has 0 bridgehead atoms. The molecule has 17 N–H and O–H groups in total. The van der Waals surface area contributed by atoms with Crippen molar-refractivity contribution in [1.29, 1.82) is 0 Å². The molecule has 7 rings (SSSR count). The van der Waals surface area contributed by atoms with Crippen LogP contribution < -0.4 is 70.8 Å². The Balaban J connectivity index is -0.000000105. The van der Waals surface area contributed by atoms with Crippen LogP contribution >= 0.6 is 11.6 Å². The third-order valence-corrected chi connectivity index (χ3v) is 20.1. The second kappa shape index (κ2) is 130. The third-order valence-electron chi connectivity index (χ3n) is 19.9. The van der Waals surface area contributed by atoms with Crippen LogP contribution in [-0.2, 0) is 201 Å². The minimum atomic E-state index is -0.830. The van der Waals surface area contributed by atoms with E-state index in [4.69, 9.17) is 44.0 Å². The van der Waals surface area contributed by atoms with Gasteiger partial charge in [-0.1, -0.05) is 290 Å². The van der Waals surface area contributed by atoms with E-state index in [0.29, 0.717) is 67.1 Å². The normalized spacial score (nSPS) is 11.0. The Morgan fingerprint density at radius 3 is 1.25 bits per heavy atom. The number of para-hydroxylation sites is 1. The smallest absolute Gasteiger partial charge is 0.407 e. The number of benzene rings is 5. The summed E-state index contributed by atoms with van der Waals surface area (Å²) in [6.45, 7) is 47.8. The van der Waals surface area contributed by atoms with Gasteiger partial charge in [-0.2, -0.15) is 0 Å². The molecular weight excluding hydrogens is 3180 g/mol. The number of anilines is 1. The van der Waals surface area contributed by atoms with Gasteiger partial charge in [0, 0.05) is 249 Å². The molecule has 5 aromatic rings. The Kier molecular flexibility index (Phi) is 156. The van der Waals surface area contributed by atoms with Crippen molar-refractivity contribution in [3.63, 3.8) is 0 Å². The fourth-order valence-electron chi connectivity index (χ4n) is 11.0. The predicted molar refractivity (Wildman–Crippen MR) is 566 cm³/mol. The van der Waals surface area contributed by atoms with Crippen LogP contribution in [0.1, 0.15) is 355 Å². The number of nitrogens with zero attached hydrogens (tertiary/aromatic N) is 1. The summed E-state index contributed by atoms with van der Waals surface area (Å²) in [6.07, 6.45) is 36.6. The number of halogens is 3. The Hall–Kier alpha value is -2.79. The number of urea groups is 1. The largest absolute Gasteiger partial charge is 0.445 e. The number of carbonyl (C=O) groups is 7. The molecule has 0 spiro atoms. The minimum Gasteiger partial charge on any atom is -0.445 e. The second-order valence-electron chi connectivity index (χ2n) is 34.2. The van der Waals surface area contributed by atoms with Crippen molar-refractivity contribution in [2.45, 2.75) is 342 Å². The molecule has 2 aliphatic rings. The number of piperidine rings is 1. The van der Waals surface area contributed by atoms with Crippen LogP contribution in [0.4, 0.5) is 28.9 Å². The Bertz CT molecular complexity index is 3370. The summed E-state index contributed by atoms with van der Waals surface area (Å²) in [5.74, 6) is 0.477. The van der Waals surface area contributed by atoms with Crippen molar-refractivity contribution in [2.24, 2.45) is 40.7 Å². The van der Waals surface area contributed by atoms with Crippen LogP contribution in [0.2, 0.25) is 5.02 Å². The molecule has 1 unspecified atom stereocenters. The first-order valence-electron chi connectivity index (χ1n) is 50.9. The van der Waals surface area contributed by atoms with Crippen molar-refractivity contribution in [3.05, 3.63) is 172 Å². The number of aryl methyl sites for hydroxylation is 1. The van der Waals surface area contributed by atoms with Crippen LogP contribution in [0.5, 0.6) is 0 Å². The van der Waals surface area contributed by atoms with Gasteiger partial charge in [-0.05, 0) is 255 Å². The first-order chi connectivity index (χ1) is 64.4. The van der Waals surface area contributed by atoms with E-state index in [1.165, 1.54) is 115 Å². The number of amides is 8. The monoisotopic (exact) mass is 3380 g/mol. The Labute approximate surface area is 982 Å². The van der Waals surface area contributed by atoms with Gasteiger partial charge in [0.1, 0.15) is 23.8 Å². The number of hydrogen-bond acceptors (Lipinski definition) is 15. The Morgan fingerprint density at radius 1 is 0.458 bits per heavy atom. The molecule has 2 fully saturated rings. The summed E-state index contributed by atoms with van der Waals surface area (Å²) >= 11 is 5.71. The fourth-order valence-corrected chi connectivity index (χ4v) is 11.1. The van der Waals surface area contributed by atoms with Crippen molar-refractivity contribution in [2.75, 3.05) is 111 Å². The maximum Gasteiger partial charge on any atom is 0.407 e. The summed E-state index contributed by atoms with van der Waals surface area (Å²) in [4.78, 5) is 81.4. The molecule has 1 aliphatic heterocycles. The van der Waals surface area contributed by atoms with Gasteiger partial charge in [-0.15, -0.1) is 0 Å². The van der Waals surface area contributed by atoms with E-state index in [0.717, 1.165) is 197 Å². The minimum absolute atomic E-state index is 0. The van der Waals surface area contributed by atoms with E-state index in [2.05, 4.69) is 169 Å². The zero-order chi connectivity index (χ0) is 102. The van der Waals surface area contributed by atoms with Gasteiger partial charge in [-0.25, -0.2) is 23.2 Å². The van der Waals surface area contributed by atoms with Gasteiger partial charge in [0.25, 0.3) is 11.8 Å². The molecule has 1 heterocycles. The molecule has 8 amide bonds. The van der Waals surface area contributed by atoms with E-state index in [9.17, 15) is 42.3 Å². The zero-order valence-corrected chi connectivity index (χ0v) is 115. The van der Waals surface area contributed by atoms with Gasteiger partial charge in [0.05, 0.1) is 5.56 Å². The van der Waals surface area contributed by atoms with Crippen molar-refractivity contribution >= 4 is 59.1 Å². The number of alkyl carbamates (subject to hydrolysis) is 2. The maximum atomic E-state index is 13.1. The molecule has 1 atom stereocenters. The van der Waals surface area contributed by atoms with Gasteiger partial charge in [0.2, 0.25) is 11.8 Å². The molecular formula is C108H195ClF2N14O9W8. The standard InChI is InChI=1S/C13H19NO.C12H17NO2.C11H14ClNO.C11H13F2NO.C11H16N2O.C11H21NO.C9H19NO2.C7H15N.C6H15N.2C5H13N.C4H11N.C3H9N.8W/c1-2-3-11-14-13(15)10-9-12-7-5-4-6-8-12;1-2-3-9-13-12(14)15-10-11-7-5-4-6-8-11;1-2-3-8-13-11(14)9-4-6-10(12)7-5-9;1-2-3-6-14-11(15)9-5-4-8(12)7-10(9)13;1-2-3-9-12-11(14)13-10-7-5-4-6-8-10;1-2-3-9-12-11(13)10-7-5-4-6-8-10;1-5-6-7-10-8(11)12-9(2,3)4;1-2-7-3-5-8-6-4-7;1-4-5-6-7(2)3;1-3-5(2)4-6;1-2-3-4-5-6;1-2-3-4-5;1-2-3-4;;;;;;;;/h4-8H,2-3,9-11H2,1H3,(H,14,15);4-8H,2-3,9-10H2,1H3,(H,13,14);4-7H,2-3,8H2,1H3,(H,13,14);4-5,7H,2-3,6H2,1H3,(H,14,15);4-8H,2-3,9H2,1H3,(H2,12,13,14);10H,2-9H2,1H3,(H,12,13);5-7H2,1-4H3,(H,10,11);7-8H,2-6H2,1H3;4-6H2,1-3H3;5H,3-4,6H2,1-2H3;2-6H2,1H3;2-5H2,1H3;2-4H2,1H3;;;;;;;;. The molecule has 820 valence electrons. The summed E-state index contributed by atoms with van der Waals surface area (Å²) in [5, 5.41) is 26.2. The maximum absolute atomic E-state index is 13.1. The fraction of sp³-hybridized carbons (Fsp3) is 0.657. The summed E-state index contributed by atoms with van der Waals surface area (Å²) in [7, 11) is 4.21.